The number of pyridine rings is 1. The first-order chi connectivity index (χ1) is 16.5. The summed E-state index contributed by atoms with van der Waals surface area (Å²) in [6.45, 7) is 0.483. The Kier molecular flexibility index (Phi) is 7.47. The van der Waals surface area contributed by atoms with Crippen LogP contribution in [0.2, 0.25) is 0 Å². The fourth-order valence-corrected chi connectivity index (χ4v) is 5.08. The van der Waals surface area contributed by atoms with Gasteiger partial charge in [0.25, 0.3) is 11.8 Å². The molecule has 1 saturated heterocycles. The molecule has 4 atom stereocenters. The molecule has 1 fully saturated rings. The monoisotopic (exact) mass is 479 g/mol. The maximum atomic E-state index is 12.8. The molecule has 2 aromatic rings. The van der Waals surface area contributed by atoms with E-state index in [1.165, 1.54) is 4.90 Å². The van der Waals surface area contributed by atoms with Crippen molar-refractivity contribution in [2.24, 2.45) is 0 Å². The first kappa shape index (κ1) is 23.8. The van der Waals surface area contributed by atoms with Gasteiger partial charge in [0, 0.05) is 30.1 Å². The quantitative estimate of drug-likeness (QED) is 0.463. The number of nitriles is 1. The Hall–Kier alpha value is -3.39. The van der Waals surface area contributed by atoms with Crippen molar-refractivity contribution in [3.8, 4) is 17.2 Å². The minimum Gasteiger partial charge on any atom is -0.380 e. The lowest BCUT2D eigenvalue weighted by atomic mass is 10.0. The molecule has 10 heteroatoms. The summed E-state index contributed by atoms with van der Waals surface area (Å²) >= 11 is 1.56. The van der Waals surface area contributed by atoms with Crippen molar-refractivity contribution in [3.63, 3.8) is 0 Å². The summed E-state index contributed by atoms with van der Waals surface area (Å²) in [5.41, 5.74) is 2.58. The molecular formula is C24H25N5O4S. The Morgan fingerprint density at radius 2 is 2.09 bits per heavy atom. The van der Waals surface area contributed by atoms with Crippen LogP contribution in [-0.4, -0.2) is 62.1 Å². The molecule has 0 aliphatic carbocycles. The van der Waals surface area contributed by atoms with Crippen LogP contribution in [0.4, 0.5) is 0 Å². The van der Waals surface area contributed by atoms with E-state index in [4.69, 9.17) is 0 Å². The molecule has 1 aromatic heterocycles. The average molecular weight is 480 g/mol. The van der Waals surface area contributed by atoms with Gasteiger partial charge in [-0.3, -0.25) is 14.6 Å². The molecule has 0 spiro atoms. The third-order valence-electron chi connectivity index (χ3n) is 5.93. The van der Waals surface area contributed by atoms with Crippen molar-refractivity contribution in [2.45, 2.75) is 43.0 Å². The number of aliphatic hydroxyl groups is 2. The van der Waals surface area contributed by atoms with Gasteiger partial charge >= 0.3 is 0 Å². The van der Waals surface area contributed by atoms with Crippen molar-refractivity contribution in [1.82, 2.24) is 20.5 Å². The molecule has 2 aliphatic rings. The molecule has 0 bridgehead atoms. The number of carbonyl (C=O) groups excluding carboxylic acids is 2. The number of carbonyl (C=O) groups is 2. The number of nitrogens with zero attached hydrogens (tertiary/aromatic N) is 3. The third kappa shape index (κ3) is 5.07. The highest BCUT2D eigenvalue weighted by Crippen LogP contribution is 2.30. The Morgan fingerprint density at radius 1 is 1.26 bits per heavy atom. The number of rotatable bonds is 7. The Balaban J connectivity index is 1.32. The van der Waals surface area contributed by atoms with Crippen LogP contribution in [0, 0.1) is 11.3 Å². The molecule has 0 saturated carbocycles. The molecular weight excluding hydrogens is 454 g/mol. The lowest BCUT2D eigenvalue weighted by Crippen LogP contribution is -2.54. The van der Waals surface area contributed by atoms with Crippen LogP contribution in [0.1, 0.15) is 24.1 Å². The maximum Gasteiger partial charge on any atom is 0.255 e. The van der Waals surface area contributed by atoms with Crippen LogP contribution in [-0.2, 0) is 16.1 Å². The Morgan fingerprint density at radius 3 is 2.79 bits per heavy atom. The fourth-order valence-electron chi connectivity index (χ4n) is 4.13. The normalized spacial score (nSPS) is 20.9. The van der Waals surface area contributed by atoms with Gasteiger partial charge in [0.15, 0.2) is 12.2 Å². The van der Waals surface area contributed by atoms with E-state index in [0.29, 0.717) is 17.8 Å². The minimum absolute atomic E-state index is 0.00112. The standard InChI is InChI=1S/C24H25N5O4S/c25-12-15-4-1-2-5-18(15)16-7-8-17(27-13-16)14-28-22(32)20(30)21(31)24(33)29-10-3-6-19(29)23-26-9-11-34-23/h1-2,4-5,7-9,11,13,19-21,23,26,30-31H,3,6,10,14H2,(H,28,32)/t19?,20-,21-,23?/m1/s1. The largest absolute Gasteiger partial charge is 0.380 e. The number of likely N-dealkylation sites (tertiary alicyclic amines) is 1. The summed E-state index contributed by atoms with van der Waals surface area (Å²) in [6, 6.07) is 12.7. The number of hydrogen-bond acceptors (Lipinski definition) is 8. The predicted octanol–water partition coefficient (Wildman–Crippen LogP) is 1.08. The Labute approximate surface area is 201 Å². The van der Waals surface area contributed by atoms with Gasteiger partial charge < -0.3 is 25.7 Å². The van der Waals surface area contributed by atoms with Gasteiger partial charge in [0.05, 0.1) is 35.3 Å². The van der Waals surface area contributed by atoms with Crippen LogP contribution in [0.5, 0.6) is 0 Å². The molecule has 2 unspecified atom stereocenters. The number of aromatic nitrogens is 1. The van der Waals surface area contributed by atoms with E-state index in [1.54, 1.807) is 42.2 Å². The lowest BCUT2D eigenvalue weighted by Gasteiger charge is -2.31. The summed E-state index contributed by atoms with van der Waals surface area (Å²) in [7, 11) is 0. The van der Waals surface area contributed by atoms with Gasteiger partial charge in [0.2, 0.25) is 0 Å². The molecule has 4 N–H and O–H groups in total. The van der Waals surface area contributed by atoms with Gasteiger partial charge in [-0.2, -0.15) is 5.26 Å². The third-order valence-corrected chi connectivity index (χ3v) is 6.97. The van der Waals surface area contributed by atoms with Gasteiger partial charge in [-0.1, -0.05) is 24.3 Å². The smallest absolute Gasteiger partial charge is 0.255 e. The topological polar surface area (TPSA) is 139 Å². The van der Waals surface area contributed by atoms with Gasteiger partial charge in [-0.25, -0.2) is 0 Å². The van der Waals surface area contributed by atoms with Crippen molar-refractivity contribution >= 4 is 23.6 Å². The molecule has 2 amide bonds. The van der Waals surface area contributed by atoms with E-state index < -0.39 is 24.0 Å². The highest BCUT2D eigenvalue weighted by atomic mass is 32.2. The number of nitrogens with one attached hydrogen (secondary N) is 2. The second kappa shape index (κ2) is 10.7. The van der Waals surface area contributed by atoms with Crippen LogP contribution in [0.25, 0.3) is 11.1 Å². The molecule has 0 radical (unpaired) electrons. The zero-order chi connectivity index (χ0) is 24.1. The molecule has 3 heterocycles. The minimum atomic E-state index is -1.89. The van der Waals surface area contributed by atoms with Crippen LogP contribution >= 0.6 is 11.8 Å². The van der Waals surface area contributed by atoms with Crippen LogP contribution in [0.15, 0.2) is 54.2 Å². The van der Waals surface area contributed by atoms with E-state index in [2.05, 4.69) is 21.7 Å². The summed E-state index contributed by atoms with van der Waals surface area (Å²) in [4.78, 5) is 31.0. The predicted molar refractivity (Wildman–Crippen MR) is 127 cm³/mol. The zero-order valence-corrected chi connectivity index (χ0v) is 19.1. The SMILES string of the molecule is N#Cc1ccccc1-c1ccc(CNC(=O)[C@H](O)[C@@H](O)C(=O)N2CCCC2C2NC=CS2)nc1. The van der Waals surface area contributed by atoms with E-state index in [0.717, 1.165) is 24.0 Å². The number of amides is 2. The summed E-state index contributed by atoms with van der Waals surface area (Å²) in [5, 5.41) is 37.6. The Bertz CT molecular complexity index is 1110. The van der Waals surface area contributed by atoms with Gasteiger partial charge in [0.1, 0.15) is 0 Å². The summed E-state index contributed by atoms with van der Waals surface area (Å²) in [5.74, 6) is -1.51. The molecule has 2 aliphatic heterocycles. The highest BCUT2D eigenvalue weighted by molar-refractivity contribution is 8.03. The van der Waals surface area contributed by atoms with Gasteiger partial charge in [-0.15, -0.1) is 11.8 Å². The zero-order valence-electron chi connectivity index (χ0n) is 18.3. The van der Waals surface area contributed by atoms with Crippen LogP contribution in [0.3, 0.4) is 0 Å². The molecule has 4 rings (SSSR count). The van der Waals surface area contributed by atoms with E-state index in [9.17, 15) is 25.1 Å². The number of thioether (sulfide) groups is 1. The fraction of sp³-hybridized carbons (Fsp3) is 0.333. The lowest BCUT2D eigenvalue weighted by molar-refractivity contribution is -0.153. The second-order valence-electron chi connectivity index (χ2n) is 8.07. The number of hydrogen-bond donors (Lipinski definition) is 4. The summed E-state index contributed by atoms with van der Waals surface area (Å²) < 4.78 is 0. The second-order valence-corrected chi connectivity index (χ2v) is 9.12. The molecule has 1 aromatic carbocycles. The highest BCUT2D eigenvalue weighted by Gasteiger charge is 2.41. The van der Waals surface area contributed by atoms with Crippen molar-refractivity contribution in [3.05, 3.63) is 65.5 Å². The number of benzene rings is 1. The molecule has 34 heavy (non-hydrogen) atoms. The first-order valence-electron chi connectivity index (χ1n) is 10.9. The van der Waals surface area contributed by atoms with E-state index in [1.807, 2.05) is 23.7 Å². The van der Waals surface area contributed by atoms with E-state index >= 15 is 0 Å². The summed E-state index contributed by atoms with van der Waals surface area (Å²) in [6.07, 6.45) is 1.26. The van der Waals surface area contributed by atoms with Crippen molar-refractivity contribution in [2.75, 3.05) is 6.54 Å². The number of aliphatic hydroxyl groups excluding tert-OH is 2. The van der Waals surface area contributed by atoms with Crippen molar-refractivity contribution in [1.29, 1.82) is 5.26 Å². The molecule has 9 nitrogen and oxygen atoms in total. The van der Waals surface area contributed by atoms with Gasteiger partial charge in [-0.05, 0) is 30.4 Å². The van der Waals surface area contributed by atoms with Crippen molar-refractivity contribution < 1.29 is 19.8 Å². The maximum absolute atomic E-state index is 12.8. The van der Waals surface area contributed by atoms with Crippen LogP contribution < -0.4 is 10.6 Å². The first-order valence-corrected chi connectivity index (χ1v) is 11.9. The molecule has 176 valence electrons. The van der Waals surface area contributed by atoms with E-state index in [-0.39, 0.29) is 18.0 Å². The average Bonchev–Trinajstić information content (AvgIpc) is 3.58.